The zero-order chi connectivity index (χ0) is 20.9. The summed E-state index contributed by atoms with van der Waals surface area (Å²) in [5, 5.41) is 3.68. The third-order valence-electron chi connectivity index (χ3n) is 6.52. The predicted molar refractivity (Wildman–Crippen MR) is 121 cm³/mol. The zero-order valence-corrected chi connectivity index (χ0v) is 18.2. The summed E-state index contributed by atoms with van der Waals surface area (Å²) in [5.74, 6) is 3.88. The van der Waals surface area contributed by atoms with Crippen LogP contribution in [-0.2, 0) is 9.47 Å². The van der Waals surface area contributed by atoms with Crippen LogP contribution < -0.4 is 11.1 Å². The Bertz CT molecular complexity index is 754. The van der Waals surface area contributed by atoms with Crippen LogP contribution in [0.2, 0.25) is 0 Å². The fourth-order valence-corrected chi connectivity index (χ4v) is 4.77. The molecule has 0 radical (unpaired) electrons. The topological polar surface area (TPSA) is 81.2 Å². The summed E-state index contributed by atoms with van der Waals surface area (Å²) in [5.41, 5.74) is 7.03. The number of allylic oxidation sites excluding steroid dienone is 3. The van der Waals surface area contributed by atoms with Crippen molar-refractivity contribution < 1.29 is 9.47 Å². The average molecular weight is 413 g/mol. The molecule has 4 rings (SSSR count). The fraction of sp³-hybridized carbons (Fsp3) is 0.667. The van der Waals surface area contributed by atoms with Crippen LogP contribution >= 0.6 is 0 Å². The lowest BCUT2D eigenvalue weighted by Crippen LogP contribution is -2.47. The number of hydrogen-bond donors (Lipinski definition) is 2. The van der Waals surface area contributed by atoms with Gasteiger partial charge in [0.1, 0.15) is 30.5 Å². The maximum absolute atomic E-state index is 6.21. The molecule has 0 amide bonds. The minimum Gasteiger partial charge on any atom is -0.490 e. The van der Waals surface area contributed by atoms with E-state index in [0.29, 0.717) is 31.5 Å². The van der Waals surface area contributed by atoms with Crippen LogP contribution in [0, 0.1) is 17.8 Å². The second-order valence-corrected chi connectivity index (χ2v) is 8.95. The van der Waals surface area contributed by atoms with Crippen molar-refractivity contribution >= 4 is 11.5 Å². The van der Waals surface area contributed by atoms with E-state index in [1.807, 2.05) is 6.08 Å². The molecule has 3 N–H and O–H groups in total. The van der Waals surface area contributed by atoms with Crippen LogP contribution in [0.1, 0.15) is 51.9 Å². The van der Waals surface area contributed by atoms with E-state index in [1.54, 1.807) is 0 Å². The highest BCUT2D eigenvalue weighted by Crippen LogP contribution is 2.31. The van der Waals surface area contributed by atoms with E-state index in [4.69, 9.17) is 25.2 Å². The van der Waals surface area contributed by atoms with E-state index >= 15 is 0 Å². The molecular formula is C24H36N4O2. The summed E-state index contributed by atoms with van der Waals surface area (Å²) in [6.07, 6.45) is 13.8. The Kier molecular flexibility index (Phi) is 7.05. The van der Waals surface area contributed by atoms with Crippen molar-refractivity contribution in [2.24, 2.45) is 33.5 Å². The number of nitrogens with two attached hydrogens (primary N) is 1. The number of rotatable bonds is 8. The molecule has 4 aliphatic rings. The van der Waals surface area contributed by atoms with Gasteiger partial charge in [-0.2, -0.15) is 0 Å². The first-order valence-electron chi connectivity index (χ1n) is 11.6. The molecule has 6 nitrogen and oxygen atoms in total. The zero-order valence-electron chi connectivity index (χ0n) is 18.2. The van der Waals surface area contributed by atoms with E-state index in [1.165, 1.54) is 18.6 Å². The van der Waals surface area contributed by atoms with Gasteiger partial charge in [-0.3, -0.25) is 10.3 Å². The van der Waals surface area contributed by atoms with Gasteiger partial charge in [-0.05, 0) is 50.6 Å². The van der Waals surface area contributed by atoms with Crippen molar-refractivity contribution in [1.82, 2.24) is 5.32 Å². The van der Waals surface area contributed by atoms with Gasteiger partial charge in [-0.15, -0.1) is 6.58 Å². The molecule has 0 aromatic rings. The van der Waals surface area contributed by atoms with Crippen molar-refractivity contribution in [1.29, 1.82) is 0 Å². The van der Waals surface area contributed by atoms with Crippen LogP contribution in [0.4, 0.5) is 0 Å². The molecular weight excluding hydrogens is 376 g/mol. The number of fused-ring (bicyclic) bond motifs is 1. The SMILES string of the molecule is C=CC(CCCN)C1=NC(NCC2COC3=C(C=CC(C)C3)O2)C2CCCCC2=N1. The fourth-order valence-electron chi connectivity index (χ4n) is 4.77. The Morgan fingerprint density at radius 1 is 1.40 bits per heavy atom. The quantitative estimate of drug-likeness (QED) is 0.596. The Hall–Kier alpha value is -1.92. The van der Waals surface area contributed by atoms with Gasteiger partial charge < -0.3 is 15.2 Å². The van der Waals surface area contributed by atoms with Crippen molar-refractivity contribution in [3.05, 3.63) is 36.3 Å². The van der Waals surface area contributed by atoms with Crippen LogP contribution in [0.15, 0.2) is 46.3 Å². The smallest absolute Gasteiger partial charge is 0.157 e. The van der Waals surface area contributed by atoms with Gasteiger partial charge >= 0.3 is 0 Å². The van der Waals surface area contributed by atoms with E-state index in [0.717, 1.165) is 49.5 Å². The van der Waals surface area contributed by atoms with Crippen LogP contribution in [0.25, 0.3) is 0 Å². The highest BCUT2D eigenvalue weighted by atomic mass is 16.6. The summed E-state index contributed by atoms with van der Waals surface area (Å²) in [6.45, 7) is 8.21. The molecule has 0 spiro atoms. The number of nitrogens with one attached hydrogen (secondary N) is 1. The lowest BCUT2D eigenvalue weighted by Gasteiger charge is -2.36. The number of nitrogens with zero attached hydrogens (tertiary/aromatic N) is 2. The molecule has 2 aliphatic heterocycles. The van der Waals surface area contributed by atoms with Gasteiger partial charge in [-0.1, -0.05) is 25.5 Å². The Balaban J connectivity index is 1.42. The molecule has 5 unspecified atom stereocenters. The molecule has 6 heteroatoms. The molecule has 0 aromatic heterocycles. The summed E-state index contributed by atoms with van der Waals surface area (Å²) in [7, 11) is 0. The summed E-state index contributed by atoms with van der Waals surface area (Å²) >= 11 is 0. The van der Waals surface area contributed by atoms with Gasteiger partial charge in [0.15, 0.2) is 5.76 Å². The van der Waals surface area contributed by atoms with Crippen LogP contribution in [0.5, 0.6) is 0 Å². The first kappa shape index (κ1) is 21.3. The van der Waals surface area contributed by atoms with E-state index in [9.17, 15) is 0 Å². The van der Waals surface area contributed by atoms with Crippen molar-refractivity contribution in [3.63, 3.8) is 0 Å². The highest BCUT2D eigenvalue weighted by molar-refractivity contribution is 6.03. The number of amidine groups is 1. The highest BCUT2D eigenvalue weighted by Gasteiger charge is 2.34. The minimum atomic E-state index is -0.00111. The maximum atomic E-state index is 6.21. The van der Waals surface area contributed by atoms with E-state index in [-0.39, 0.29) is 18.2 Å². The van der Waals surface area contributed by atoms with Gasteiger partial charge in [0.25, 0.3) is 0 Å². The van der Waals surface area contributed by atoms with E-state index in [2.05, 4.69) is 31.0 Å². The third-order valence-corrected chi connectivity index (χ3v) is 6.52. The van der Waals surface area contributed by atoms with Gasteiger partial charge in [0.05, 0.1) is 0 Å². The van der Waals surface area contributed by atoms with Gasteiger partial charge in [-0.25, -0.2) is 4.99 Å². The predicted octanol–water partition coefficient (Wildman–Crippen LogP) is 3.71. The summed E-state index contributed by atoms with van der Waals surface area (Å²) in [4.78, 5) is 10.0. The molecule has 1 fully saturated rings. The Morgan fingerprint density at radius 2 is 2.30 bits per heavy atom. The maximum Gasteiger partial charge on any atom is 0.157 e. The molecule has 164 valence electrons. The molecule has 2 heterocycles. The Morgan fingerprint density at radius 3 is 3.13 bits per heavy atom. The van der Waals surface area contributed by atoms with E-state index < -0.39 is 0 Å². The van der Waals surface area contributed by atoms with Gasteiger partial charge in [0, 0.05) is 30.5 Å². The Labute approximate surface area is 180 Å². The monoisotopic (exact) mass is 412 g/mol. The van der Waals surface area contributed by atoms with Crippen LogP contribution in [0.3, 0.4) is 0 Å². The second-order valence-electron chi connectivity index (χ2n) is 8.95. The first-order chi connectivity index (χ1) is 14.7. The number of aliphatic imine (C=N–C) groups is 2. The normalized spacial score (nSPS) is 31.5. The molecule has 0 bridgehead atoms. The molecule has 2 aliphatic carbocycles. The molecule has 5 atom stereocenters. The standard InChI is InChI=1S/C24H36N4O2/c1-3-17(7-6-12-25)23-27-20-9-5-4-8-19(20)24(28-23)26-14-18-15-29-22-13-16(2)10-11-21(22)30-18/h3,10-11,16-19,24,26H,1,4-9,12-15,25H2,2H3. The summed E-state index contributed by atoms with van der Waals surface area (Å²) in [6, 6.07) is 0. The lowest BCUT2D eigenvalue weighted by molar-refractivity contribution is -0.00461. The molecule has 0 aromatic carbocycles. The second kappa shape index (κ2) is 9.92. The summed E-state index contributed by atoms with van der Waals surface area (Å²) < 4.78 is 12.2. The number of ether oxygens (including phenoxy) is 2. The molecule has 30 heavy (non-hydrogen) atoms. The average Bonchev–Trinajstić information content (AvgIpc) is 2.78. The minimum absolute atomic E-state index is 0.00111. The number of hydrogen-bond acceptors (Lipinski definition) is 6. The van der Waals surface area contributed by atoms with Crippen molar-refractivity contribution in [2.75, 3.05) is 19.7 Å². The molecule has 0 saturated heterocycles. The molecule has 1 saturated carbocycles. The van der Waals surface area contributed by atoms with Crippen LogP contribution in [-0.4, -0.2) is 43.5 Å². The largest absolute Gasteiger partial charge is 0.490 e. The van der Waals surface area contributed by atoms with Crippen molar-refractivity contribution in [2.45, 2.75) is 64.1 Å². The van der Waals surface area contributed by atoms with Crippen molar-refractivity contribution in [3.8, 4) is 0 Å². The third kappa shape index (κ3) is 4.86. The lowest BCUT2D eigenvalue weighted by atomic mass is 9.83. The van der Waals surface area contributed by atoms with Gasteiger partial charge in [0.2, 0.25) is 0 Å². The first-order valence-corrected chi connectivity index (χ1v) is 11.6.